The van der Waals surface area contributed by atoms with Gasteiger partial charge in [0.2, 0.25) is 0 Å². The Hall–Kier alpha value is -1.46. The van der Waals surface area contributed by atoms with Gasteiger partial charge in [0.05, 0.1) is 39.9 Å². The monoisotopic (exact) mass is 570 g/mol. The van der Waals surface area contributed by atoms with E-state index in [4.69, 9.17) is 18.9 Å². The Bertz CT molecular complexity index is 875. The molecule has 8 heteroatoms. The average molecular weight is 573 g/mol. The van der Waals surface area contributed by atoms with E-state index in [1.54, 1.807) is 28.4 Å². The molecule has 4 aromatic carbocycles. The molecule has 0 amide bonds. The molecule has 0 aromatic heterocycles. The SMILES string of the molecule is COc1ccc(OC)c2[cH-]ccc12.COc1ccc(OC)c2[cH-]ccc12.Cl.Cl.[CH3-].[CH3-].[Si]=[Zr]. The first-order chi connectivity index (χ1) is 13.7. The number of rotatable bonds is 4. The molecule has 0 aliphatic heterocycles. The molecule has 0 atom stereocenters. The molecule has 4 aromatic rings. The summed E-state index contributed by atoms with van der Waals surface area (Å²) < 4.78 is 20.9. The van der Waals surface area contributed by atoms with E-state index >= 15 is 0 Å². The van der Waals surface area contributed by atoms with Crippen LogP contribution in [0.25, 0.3) is 21.5 Å². The van der Waals surface area contributed by atoms with Gasteiger partial charge in [0.15, 0.2) is 0 Å². The van der Waals surface area contributed by atoms with Crippen LogP contribution in [0.15, 0.2) is 60.7 Å². The number of fused-ring (bicyclic) bond motifs is 2. The third-order valence-electron chi connectivity index (χ3n) is 4.35. The van der Waals surface area contributed by atoms with Crippen LogP contribution < -0.4 is 18.9 Å². The summed E-state index contributed by atoms with van der Waals surface area (Å²) in [6, 6.07) is 19.8. The van der Waals surface area contributed by atoms with Crippen molar-refractivity contribution in [1.82, 2.24) is 0 Å². The Morgan fingerprint density at radius 3 is 1.12 bits per heavy atom. The number of ether oxygens (including phenoxy) is 4. The summed E-state index contributed by atoms with van der Waals surface area (Å²) in [5.41, 5.74) is 0. The van der Waals surface area contributed by atoms with Crippen LogP contribution in [0.2, 0.25) is 0 Å². The van der Waals surface area contributed by atoms with E-state index in [0.29, 0.717) is 0 Å². The molecular formula is C24H30Cl2O4SiZr-4. The summed E-state index contributed by atoms with van der Waals surface area (Å²) in [5.74, 6) is 3.56. The first-order valence-corrected chi connectivity index (χ1v) is 12.7. The Morgan fingerprint density at radius 1 is 0.562 bits per heavy atom. The minimum atomic E-state index is 0. The maximum absolute atomic E-state index is 5.23. The molecule has 0 bridgehead atoms. The van der Waals surface area contributed by atoms with Gasteiger partial charge in [0, 0.05) is 11.5 Å². The van der Waals surface area contributed by atoms with Crippen molar-refractivity contribution >= 4 is 53.2 Å². The number of hydrogen-bond donors (Lipinski definition) is 0. The molecule has 0 saturated carbocycles. The second-order valence-electron chi connectivity index (χ2n) is 5.65. The average Bonchev–Trinajstić information content (AvgIpc) is 3.44. The Kier molecular flexibility index (Phi) is 19.8. The van der Waals surface area contributed by atoms with E-state index in [1.165, 1.54) is 23.3 Å². The van der Waals surface area contributed by atoms with Crippen LogP contribution >= 0.6 is 24.8 Å². The zero-order chi connectivity index (χ0) is 20.5. The molecule has 0 spiro atoms. The van der Waals surface area contributed by atoms with Gasteiger partial charge < -0.3 is 33.8 Å². The van der Waals surface area contributed by atoms with Gasteiger partial charge in [-0.1, -0.05) is 22.9 Å². The molecule has 4 nitrogen and oxygen atoms in total. The summed E-state index contributed by atoms with van der Waals surface area (Å²) in [4.78, 5) is 0. The normalized spacial score (nSPS) is 8.47. The molecule has 0 fully saturated rings. The number of halogens is 2. The molecule has 0 saturated heterocycles. The molecule has 0 unspecified atom stereocenters. The molecule has 0 N–H and O–H groups in total. The van der Waals surface area contributed by atoms with Crippen LogP contribution in [0.5, 0.6) is 23.0 Å². The fourth-order valence-electron chi connectivity index (χ4n) is 3.07. The maximum atomic E-state index is 5.23. The van der Waals surface area contributed by atoms with Gasteiger partial charge >= 0.3 is 30.2 Å². The number of benzene rings is 2. The molecule has 176 valence electrons. The van der Waals surface area contributed by atoms with Crippen LogP contribution in [-0.2, 0) is 23.3 Å². The molecule has 4 rings (SSSR count). The third-order valence-corrected chi connectivity index (χ3v) is 4.35. The van der Waals surface area contributed by atoms with Gasteiger partial charge in [-0.2, -0.15) is 24.3 Å². The quantitative estimate of drug-likeness (QED) is 0.206. The van der Waals surface area contributed by atoms with Crippen molar-refractivity contribution in [2.45, 2.75) is 0 Å². The topological polar surface area (TPSA) is 36.9 Å². The van der Waals surface area contributed by atoms with E-state index < -0.39 is 0 Å². The summed E-state index contributed by atoms with van der Waals surface area (Å²) >= 11 is 1.36. The van der Waals surface area contributed by atoms with E-state index in [0.717, 1.165) is 44.5 Å². The van der Waals surface area contributed by atoms with Crippen LogP contribution in [0.1, 0.15) is 0 Å². The minimum absolute atomic E-state index is 0. The first kappa shape index (κ1) is 35.1. The fourth-order valence-corrected chi connectivity index (χ4v) is 3.07. The zero-order valence-corrected chi connectivity index (χ0v) is 24.3. The van der Waals surface area contributed by atoms with Gasteiger partial charge in [-0.25, -0.2) is 0 Å². The summed E-state index contributed by atoms with van der Waals surface area (Å²) in [6.45, 7) is 3.06. The van der Waals surface area contributed by atoms with Crippen molar-refractivity contribution < 1.29 is 42.3 Å². The van der Waals surface area contributed by atoms with Crippen molar-refractivity contribution in [3.8, 4) is 23.0 Å². The van der Waals surface area contributed by atoms with Crippen molar-refractivity contribution in [3.63, 3.8) is 0 Å². The standard InChI is InChI=1S/2C11H11O2.2CH3.2ClH.Si.Zr/c2*1-12-10-6-7-11(13-2)9-5-3-4-8(9)10;;;;;;/h2*3-7H,1-2H3;2*1H3;2*1H;;/q4*-1;;;;. The zero-order valence-electron chi connectivity index (χ0n) is 19.2. The molecule has 32 heavy (non-hydrogen) atoms. The van der Waals surface area contributed by atoms with Crippen molar-refractivity contribution in [2.75, 3.05) is 28.4 Å². The van der Waals surface area contributed by atoms with Crippen molar-refractivity contribution in [2.24, 2.45) is 0 Å². The molecule has 0 aliphatic rings. The van der Waals surface area contributed by atoms with Gasteiger partial charge in [0.25, 0.3) is 0 Å². The van der Waals surface area contributed by atoms with Crippen molar-refractivity contribution in [3.05, 3.63) is 75.5 Å². The van der Waals surface area contributed by atoms with E-state index in [2.05, 4.69) is 6.88 Å². The summed E-state index contributed by atoms with van der Waals surface area (Å²) in [7, 11) is 6.70. The van der Waals surface area contributed by atoms with E-state index in [1.807, 2.05) is 60.7 Å². The van der Waals surface area contributed by atoms with Crippen LogP contribution in [0.4, 0.5) is 0 Å². The Labute approximate surface area is 221 Å². The van der Waals surface area contributed by atoms with Gasteiger partial charge in [-0.15, -0.1) is 47.7 Å². The Morgan fingerprint density at radius 2 is 0.844 bits per heavy atom. The van der Waals surface area contributed by atoms with Gasteiger partial charge in [-0.05, 0) is 12.1 Å². The van der Waals surface area contributed by atoms with Crippen LogP contribution in [-0.4, -0.2) is 35.3 Å². The van der Waals surface area contributed by atoms with Crippen LogP contribution in [0.3, 0.4) is 0 Å². The van der Waals surface area contributed by atoms with E-state index in [9.17, 15) is 0 Å². The summed E-state index contributed by atoms with van der Waals surface area (Å²) in [6.07, 6.45) is 0. The van der Waals surface area contributed by atoms with E-state index in [-0.39, 0.29) is 39.7 Å². The Balaban J connectivity index is -0.000000437. The molecule has 0 aliphatic carbocycles. The predicted octanol–water partition coefficient (Wildman–Crippen LogP) is 6.51. The van der Waals surface area contributed by atoms with Crippen molar-refractivity contribution in [1.29, 1.82) is 0 Å². The second kappa shape index (κ2) is 18.0. The number of methoxy groups -OCH3 is 4. The molecule has 0 heterocycles. The second-order valence-corrected chi connectivity index (χ2v) is 5.65. The summed E-state index contributed by atoms with van der Waals surface area (Å²) in [5, 5.41) is 4.40. The van der Waals surface area contributed by atoms with Gasteiger partial charge in [-0.3, -0.25) is 0 Å². The number of hydrogen-bond acceptors (Lipinski definition) is 4. The third kappa shape index (κ3) is 7.84. The van der Waals surface area contributed by atoms with Gasteiger partial charge in [0.1, 0.15) is 0 Å². The molecular weight excluding hydrogens is 542 g/mol. The fraction of sp³-hybridized carbons (Fsp3) is 0.167. The molecule has 2 radical (unpaired) electrons. The van der Waals surface area contributed by atoms with Crippen LogP contribution in [0, 0.1) is 14.9 Å². The first-order valence-electron chi connectivity index (χ1n) is 8.51. The predicted molar refractivity (Wildman–Crippen MR) is 138 cm³/mol.